The zero-order valence-electron chi connectivity index (χ0n) is 19.4. The van der Waals surface area contributed by atoms with Crippen molar-refractivity contribution in [2.75, 3.05) is 0 Å². The first-order valence-corrected chi connectivity index (χ1v) is 12.7. The van der Waals surface area contributed by atoms with Gasteiger partial charge in [-0.05, 0) is 55.2 Å². The van der Waals surface area contributed by atoms with Crippen molar-refractivity contribution >= 4 is 0 Å². The predicted molar refractivity (Wildman–Crippen MR) is 128 cm³/mol. The molecule has 28 heavy (non-hydrogen) atoms. The summed E-state index contributed by atoms with van der Waals surface area (Å²) in [5, 5.41) is 0. The van der Waals surface area contributed by atoms with E-state index in [1.807, 2.05) is 0 Å². The van der Waals surface area contributed by atoms with E-state index in [-0.39, 0.29) is 0 Å². The monoisotopic (exact) mass is 385 g/mol. The van der Waals surface area contributed by atoms with Gasteiger partial charge in [-0.15, -0.1) is 0 Å². The van der Waals surface area contributed by atoms with Crippen LogP contribution in [0.1, 0.15) is 133 Å². The van der Waals surface area contributed by atoms with E-state index in [4.69, 9.17) is 0 Å². The fraction of sp³-hybridized carbons (Fsp3) is 0.750. The zero-order chi connectivity index (χ0) is 20.3. The lowest BCUT2D eigenvalue weighted by Crippen LogP contribution is -1.96. The lowest BCUT2D eigenvalue weighted by molar-refractivity contribution is 0.587. The van der Waals surface area contributed by atoms with Crippen LogP contribution in [0.15, 0.2) is 18.2 Å². The summed E-state index contributed by atoms with van der Waals surface area (Å²) in [4.78, 5) is 0. The maximum absolute atomic E-state index is 4.03. The molecule has 0 bridgehead atoms. The Kier molecular flexibility index (Phi) is 16.5. The lowest BCUT2D eigenvalue weighted by atomic mass is 9.95. The van der Waals surface area contributed by atoms with Crippen LogP contribution in [0.2, 0.25) is 0 Å². The minimum absolute atomic E-state index is 1.05. The molecular formula is C28H49. The summed E-state index contributed by atoms with van der Waals surface area (Å²) in [6, 6.07) is 7.49. The molecule has 0 unspecified atom stereocenters. The SMILES string of the molecule is [CH2]CCCc1cc(CCCCCCCCC)cc(CCCCCCCCC)c1. The number of benzene rings is 1. The van der Waals surface area contributed by atoms with Crippen molar-refractivity contribution in [3.63, 3.8) is 0 Å². The summed E-state index contributed by atoms with van der Waals surface area (Å²) in [5.41, 5.74) is 4.74. The summed E-state index contributed by atoms with van der Waals surface area (Å²) < 4.78 is 0. The molecule has 0 atom stereocenters. The molecule has 0 heterocycles. The van der Waals surface area contributed by atoms with Crippen molar-refractivity contribution < 1.29 is 0 Å². The molecule has 0 nitrogen and oxygen atoms in total. The normalized spacial score (nSPS) is 11.2. The van der Waals surface area contributed by atoms with E-state index >= 15 is 0 Å². The summed E-state index contributed by atoms with van der Waals surface area (Å²) in [5.74, 6) is 0. The highest BCUT2D eigenvalue weighted by Gasteiger charge is 2.03. The first kappa shape index (κ1) is 25.3. The van der Waals surface area contributed by atoms with Crippen molar-refractivity contribution in [2.45, 2.75) is 136 Å². The molecule has 0 spiro atoms. The number of rotatable bonds is 19. The van der Waals surface area contributed by atoms with E-state index in [0.717, 1.165) is 6.42 Å². The van der Waals surface area contributed by atoms with Crippen molar-refractivity contribution in [2.24, 2.45) is 0 Å². The molecular weight excluding hydrogens is 336 g/mol. The molecule has 1 rings (SSSR count). The summed E-state index contributed by atoms with van der Waals surface area (Å²) in [6.45, 7) is 8.62. The average Bonchev–Trinajstić information content (AvgIpc) is 2.71. The van der Waals surface area contributed by atoms with Gasteiger partial charge >= 0.3 is 0 Å². The lowest BCUT2D eigenvalue weighted by Gasteiger charge is -2.11. The van der Waals surface area contributed by atoms with Gasteiger partial charge in [0.2, 0.25) is 0 Å². The Morgan fingerprint density at radius 1 is 0.464 bits per heavy atom. The molecule has 0 aliphatic heterocycles. The minimum atomic E-state index is 1.05. The Balaban J connectivity index is 2.39. The van der Waals surface area contributed by atoms with Gasteiger partial charge in [0.1, 0.15) is 0 Å². The number of aryl methyl sites for hydroxylation is 3. The van der Waals surface area contributed by atoms with Crippen molar-refractivity contribution in [3.05, 3.63) is 41.8 Å². The van der Waals surface area contributed by atoms with E-state index in [1.165, 1.54) is 116 Å². The molecule has 0 N–H and O–H groups in total. The standard InChI is InChI=1S/C28H49/c1-4-7-10-12-14-16-18-21-27-23-26(20-9-6-3)24-28(25-27)22-19-17-15-13-11-8-5-2/h23-25H,3-22H2,1-2H3. The largest absolute Gasteiger partial charge is 0.0654 e. The van der Waals surface area contributed by atoms with E-state index < -0.39 is 0 Å². The maximum atomic E-state index is 4.03. The molecule has 0 fully saturated rings. The Labute approximate surface area is 177 Å². The third-order valence-corrected chi connectivity index (χ3v) is 5.97. The van der Waals surface area contributed by atoms with Gasteiger partial charge in [-0.25, -0.2) is 0 Å². The molecule has 1 aromatic rings. The first-order valence-electron chi connectivity index (χ1n) is 12.7. The maximum Gasteiger partial charge on any atom is -0.0279 e. The molecule has 0 aromatic heterocycles. The predicted octanol–water partition coefficient (Wildman–Crippen LogP) is 9.43. The van der Waals surface area contributed by atoms with Crippen molar-refractivity contribution in [3.8, 4) is 0 Å². The fourth-order valence-electron chi connectivity index (χ4n) is 4.17. The highest BCUT2D eigenvalue weighted by molar-refractivity contribution is 5.30. The second kappa shape index (κ2) is 18.3. The zero-order valence-corrected chi connectivity index (χ0v) is 19.4. The molecule has 0 heteroatoms. The van der Waals surface area contributed by atoms with Crippen LogP contribution in [0.3, 0.4) is 0 Å². The van der Waals surface area contributed by atoms with Crippen molar-refractivity contribution in [1.29, 1.82) is 0 Å². The van der Waals surface area contributed by atoms with Crippen LogP contribution in [0, 0.1) is 6.92 Å². The van der Waals surface area contributed by atoms with Crippen molar-refractivity contribution in [1.82, 2.24) is 0 Å². The highest BCUT2D eigenvalue weighted by Crippen LogP contribution is 2.19. The van der Waals surface area contributed by atoms with Crippen LogP contribution in [0.25, 0.3) is 0 Å². The third-order valence-electron chi connectivity index (χ3n) is 5.97. The topological polar surface area (TPSA) is 0 Å². The molecule has 1 radical (unpaired) electrons. The number of unbranched alkanes of at least 4 members (excludes halogenated alkanes) is 13. The van der Waals surface area contributed by atoms with Gasteiger partial charge in [0.05, 0.1) is 0 Å². The Morgan fingerprint density at radius 2 is 0.786 bits per heavy atom. The fourth-order valence-corrected chi connectivity index (χ4v) is 4.17. The molecule has 1 aromatic carbocycles. The minimum Gasteiger partial charge on any atom is -0.0654 e. The summed E-state index contributed by atoms with van der Waals surface area (Å²) >= 11 is 0. The second-order valence-electron chi connectivity index (χ2n) is 8.86. The molecule has 0 aliphatic carbocycles. The van der Waals surface area contributed by atoms with Gasteiger partial charge < -0.3 is 0 Å². The van der Waals surface area contributed by atoms with Crippen LogP contribution >= 0.6 is 0 Å². The quantitative estimate of drug-likeness (QED) is 0.208. The molecule has 0 saturated carbocycles. The molecule has 0 saturated heterocycles. The van der Waals surface area contributed by atoms with Crippen LogP contribution in [-0.4, -0.2) is 0 Å². The average molecular weight is 386 g/mol. The van der Waals surface area contributed by atoms with Gasteiger partial charge in [-0.1, -0.05) is 122 Å². The van der Waals surface area contributed by atoms with Gasteiger partial charge in [-0.3, -0.25) is 0 Å². The van der Waals surface area contributed by atoms with Crippen LogP contribution < -0.4 is 0 Å². The van der Waals surface area contributed by atoms with Gasteiger partial charge in [0.15, 0.2) is 0 Å². The van der Waals surface area contributed by atoms with Gasteiger partial charge in [0.25, 0.3) is 0 Å². The van der Waals surface area contributed by atoms with E-state index in [1.54, 1.807) is 16.7 Å². The highest BCUT2D eigenvalue weighted by atomic mass is 14.1. The van der Waals surface area contributed by atoms with Crippen LogP contribution in [0.5, 0.6) is 0 Å². The second-order valence-corrected chi connectivity index (χ2v) is 8.86. The van der Waals surface area contributed by atoms with E-state index in [9.17, 15) is 0 Å². The van der Waals surface area contributed by atoms with Crippen LogP contribution in [0.4, 0.5) is 0 Å². The van der Waals surface area contributed by atoms with E-state index in [0.29, 0.717) is 0 Å². The third kappa shape index (κ3) is 13.4. The summed E-state index contributed by atoms with van der Waals surface area (Å²) in [6.07, 6.45) is 25.6. The molecule has 0 aliphatic rings. The van der Waals surface area contributed by atoms with E-state index in [2.05, 4.69) is 39.0 Å². The Morgan fingerprint density at radius 3 is 1.14 bits per heavy atom. The smallest absolute Gasteiger partial charge is 0.0279 e. The molecule has 161 valence electrons. The Hall–Kier alpha value is -0.780. The molecule has 0 amide bonds. The van der Waals surface area contributed by atoms with Gasteiger partial charge in [0, 0.05) is 0 Å². The van der Waals surface area contributed by atoms with Crippen LogP contribution in [-0.2, 0) is 19.3 Å². The summed E-state index contributed by atoms with van der Waals surface area (Å²) in [7, 11) is 0. The number of hydrogen-bond donors (Lipinski definition) is 0. The number of hydrogen-bond acceptors (Lipinski definition) is 0. The Bertz CT molecular complexity index is 423. The first-order chi connectivity index (χ1) is 13.8. The van der Waals surface area contributed by atoms with Gasteiger partial charge in [-0.2, -0.15) is 0 Å².